The van der Waals surface area contributed by atoms with E-state index in [0.717, 1.165) is 16.7 Å². The zero-order chi connectivity index (χ0) is 23.3. The number of nitrogens with one attached hydrogen (secondary N) is 1. The number of aromatic nitrogens is 1. The Bertz CT molecular complexity index is 1330. The maximum atomic E-state index is 15.8. The van der Waals surface area contributed by atoms with Crippen LogP contribution in [0, 0.1) is 23.3 Å². The molecule has 0 unspecified atom stereocenters. The molecule has 2 heterocycles. The largest absolute Gasteiger partial charge is 0.477 e. The average Bonchev–Trinajstić information content (AvgIpc) is 3.14. The topological polar surface area (TPSA) is 127 Å². The van der Waals surface area contributed by atoms with Gasteiger partial charge < -0.3 is 25.7 Å². The lowest BCUT2D eigenvalue weighted by molar-refractivity contribution is 0.0695. The Morgan fingerprint density at radius 2 is 1.91 bits per heavy atom. The van der Waals surface area contributed by atoms with Crippen molar-refractivity contribution in [2.24, 2.45) is 11.6 Å². The summed E-state index contributed by atoms with van der Waals surface area (Å²) in [4.78, 5) is 25.8. The molecule has 1 saturated heterocycles. The molecule has 12 heteroatoms. The molecule has 6 N–H and O–H groups in total. The third kappa shape index (κ3) is 3.24. The first-order chi connectivity index (χ1) is 15.1. The van der Waals surface area contributed by atoms with Gasteiger partial charge in [-0.25, -0.2) is 22.4 Å². The third-order valence-electron chi connectivity index (χ3n) is 5.39. The number of hydrazine groups is 1. The van der Waals surface area contributed by atoms with Gasteiger partial charge >= 0.3 is 5.97 Å². The summed E-state index contributed by atoms with van der Waals surface area (Å²) in [6.45, 7) is 0.304. The average molecular weight is 451 g/mol. The second kappa shape index (κ2) is 7.80. The van der Waals surface area contributed by atoms with Gasteiger partial charge in [0.2, 0.25) is 5.43 Å². The second-order valence-corrected chi connectivity index (χ2v) is 7.36. The van der Waals surface area contributed by atoms with Gasteiger partial charge in [-0.1, -0.05) is 0 Å². The number of nitrogens with zero attached hydrogens (tertiary/aromatic N) is 2. The molecule has 8 nitrogen and oxygen atoms in total. The fourth-order valence-corrected chi connectivity index (χ4v) is 3.92. The Kier molecular flexibility index (Phi) is 5.26. The normalized spacial score (nSPS) is 16.1. The minimum atomic E-state index is -1.72. The molecule has 32 heavy (non-hydrogen) atoms. The van der Waals surface area contributed by atoms with Crippen LogP contribution >= 0.6 is 0 Å². The smallest absolute Gasteiger partial charge is 0.341 e. The van der Waals surface area contributed by atoms with Crippen molar-refractivity contribution in [1.29, 1.82) is 0 Å². The fourth-order valence-electron chi connectivity index (χ4n) is 3.92. The molecule has 1 atom stereocenters. The Balaban J connectivity index is 2.21. The van der Waals surface area contributed by atoms with Gasteiger partial charge in [-0.05, 0) is 18.6 Å². The Morgan fingerprint density at radius 3 is 2.47 bits per heavy atom. The van der Waals surface area contributed by atoms with E-state index in [4.69, 9.17) is 11.6 Å². The van der Waals surface area contributed by atoms with Crippen LogP contribution in [0.25, 0.3) is 16.6 Å². The molecule has 1 fully saturated rings. The highest BCUT2D eigenvalue weighted by molar-refractivity contribution is 6.01. The zero-order valence-electron chi connectivity index (χ0n) is 16.3. The number of halogens is 4. The lowest BCUT2D eigenvalue weighted by Gasteiger charge is -2.24. The van der Waals surface area contributed by atoms with Gasteiger partial charge in [0.15, 0.2) is 11.6 Å². The number of pyridine rings is 1. The molecule has 2 aromatic carbocycles. The van der Waals surface area contributed by atoms with E-state index in [1.54, 1.807) is 0 Å². The van der Waals surface area contributed by atoms with E-state index in [9.17, 15) is 23.5 Å². The Hall–Kier alpha value is -3.64. The molecule has 4 rings (SSSR count). The van der Waals surface area contributed by atoms with Crippen molar-refractivity contribution in [3.63, 3.8) is 0 Å². The van der Waals surface area contributed by atoms with Crippen molar-refractivity contribution in [3.8, 4) is 5.69 Å². The summed E-state index contributed by atoms with van der Waals surface area (Å²) in [5.74, 6) is -0.865. The molecular weight excluding hydrogens is 434 g/mol. The molecular formula is C20H17F4N5O3. The van der Waals surface area contributed by atoms with Crippen molar-refractivity contribution in [2.45, 2.75) is 12.5 Å². The highest BCUT2D eigenvalue weighted by atomic mass is 19.1. The molecule has 0 bridgehead atoms. The van der Waals surface area contributed by atoms with Crippen LogP contribution in [0.1, 0.15) is 16.8 Å². The first-order valence-electron chi connectivity index (χ1n) is 9.41. The SMILES string of the molecule is NNc1c(F)c(N2CC[C@H](N)C2)c(F)c2c1c(=O)c(C(=O)O)cn2-c1ccc(F)cc1F. The minimum absolute atomic E-state index is 0.103. The Morgan fingerprint density at radius 1 is 1.19 bits per heavy atom. The standard InChI is InChI=1S/C20H17F4N5O3/c21-8-1-2-12(11(22)5-8)29-7-10(20(31)32)19(30)13-16(27-26)14(23)18(15(24)17(13)29)28-4-3-9(25)6-28/h1-2,5,7,9,27H,3-4,6,25-26H2,(H,31,32)/t9-/m0/s1. The minimum Gasteiger partial charge on any atom is -0.477 e. The number of fused-ring (bicyclic) bond motifs is 1. The molecule has 1 aliphatic rings. The van der Waals surface area contributed by atoms with Gasteiger partial charge in [0, 0.05) is 31.4 Å². The summed E-state index contributed by atoms with van der Waals surface area (Å²) in [6.07, 6.45) is 1.14. The van der Waals surface area contributed by atoms with Crippen LogP contribution in [0.4, 0.5) is 28.9 Å². The number of hydrogen-bond donors (Lipinski definition) is 4. The van der Waals surface area contributed by atoms with Crippen molar-refractivity contribution >= 4 is 28.2 Å². The first kappa shape index (κ1) is 21.6. The van der Waals surface area contributed by atoms with Crippen molar-refractivity contribution in [3.05, 3.63) is 63.5 Å². The predicted octanol–water partition coefficient (Wildman–Crippen LogP) is 2.07. The van der Waals surface area contributed by atoms with Crippen LogP contribution in [0.5, 0.6) is 0 Å². The molecule has 0 aliphatic carbocycles. The molecule has 0 radical (unpaired) electrons. The molecule has 0 saturated carbocycles. The number of carboxylic acid groups (broad SMARTS) is 1. The number of rotatable bonds is 4. The predicted molar refractivity (Wildman–Crippen MR) is 109 cm³/mol. The van der Waals surface area contributed by atoms with E-state index in [-0.39, 0.29) is 19.1 Å². The highest BCUT2D eigenvalue weighted by Gasteiger charge is 2.32. The van der Waals surface area contributed by atoms with Gasteiger partial charge in [0.25, 0.3) is 0 Å². The second-order valence-electron chi connectivity index (χ2n) is 7.36. The first-order valence-corrected chi connectivity index (χ1v) is 9.41. The van der Waals surface area contributed by atoms with Crippen LogP contribution in [-0.2, 0) is 0 Å². The number of nitrogen functional groups attached to an aromatic ring is 1. The number of anilines is 2. The van der Waals surface area contributed by atoms with Crippen LogP contribution in [0.3, 0.4) is 0 Å². The number of nitrogens with two attached hydrogens (primary N) is 2. The van der Waals surface area contributed by atoms with Crippen LogP contribution in [0.2, 0.25) is 0 Å². The van der Waals surface area contributed by atoms with Crippen molar-refractivity contribution in [2.75, 3.05) is 23.4 Å². The molecule has 168 valence electrons. The van der Waals surface area contributed by atoms with E-state index in [1.165, 1.54) is 4.90 Å². The van der Waals surface area contributed by atoms with E-state index in [2.05, 4.69) is 0 Å². The Labute approximate surface area is 177 Å². The monoisotopic (exact) mass is 451 g/mol. The van der Waals surface area contributed by atoms with E-state index >= 15 is 8.78 Å². The maximum Gasteiger partial charge on any atom is 0.341 e. The molecule has 1 aromatic heterocycles. The van der Waals surface area contributed by atoms with Crippen molar-refractivity contribution < 1.29 is 27.5 Å². The van der Waals surface area contributed by atoms with Gasteiger partial charge in [-0.15, -0.1) is 0 Å². The van der Waals surface area contributed by atoms with Crippen LogP contribution in [0.15, 0.2) is 29.2 Å². The number of carboxylic acids is 1. The van der Waals surface area contributed by atoms with Gasteiger partial charge in [-0.2, -0.15) is 0 Å². The van der Waals surface area contributed by atoms with E-state index < -0.39 is 68.2 Å². The number of hydrogen-bond acceptors (Lipinski definition) is 6. The van der Waals surface area contributed by atoms with Crippen molar-refractivity contribution in [1.82, 2.24) is 4.57 Å². The number of aromatic carboxylic acids is 1. The lowest BCUT2D eigenvalue weighted by atomic mass is 10.1. The quantitative estimate of drug-likeness (QED) is 0.272. The van der Waals surface area contributed by atoms with E-state index in [1.807, 2.05) is 5.43 Å². The zero-order valence-corrected chi connectivity index (χ0v) is 16.3. The fraction of sp³-hybridized carbons (Fsp3) is 0.200. The maximum absolute atomic E-state index is 15.8. The molecule has 0 spiro atoms. The summed E-state index contributed by atoms with van der Waals surface area (Å²) >= 11 is 0. The van der Waals surface area contributed by atoms with E-state index in [0.29, 0.717) is 18.7 Å². The number of benzene rings is 2. The summed E-state index contributed by atoms with van der Waals surface area (Å²) in [5.41, 5.74) is 3.39. The van der Waals surface area contributed by atoms with Crippen LogP contribution in [-0.4, -0.2) is 34.8 Å². The third-order valence-corrected chi connectivity index (χ3v) is 5.39. The van der Waals surface area contributed by atoms with Gasteiger partial charge in [0.05, 0.1) is 16.6 Å². The summed E-state index contributed by atoms with van der Waals surface area (Å²) in [6, 6.07) is 1.95. The summed E-state index contributed by atoms with van der Waals surface area (Å²) in [7, 11) is 0. The molecule has 0 amide bonds. The van der Waals surface area contributed by atoms with Gasteiger partial charge in [-0.3, -0.25) is 10.6 Å². The highest BCUT2D eigenvalue weighted by Crippen LogP contribution is 2.38. The lowest BCUT2D eigenvalue weighted by Crippen LogP contribution is -2.29. The van der Waals surface area contributed by atoms with Crippen LogP contribution < -0.4 is 27.3 Å². The summed E-state index contributed by atoms with van der Waals surface area (Å²) < 4.78 is 59.9. The number of carbonyl (C=O) groups is 1. The molecule has 3 aromatic rings. The summed E-state index contributed by atoms with van der Waals surface area (Å²) in [5, 5.41) is 8.70. The molecule has 1 aliphatic heterocycles. The van der Waals surface area contributed by atoms with Gasteiger partial charge in [0.1, 0.15) is 28.6 Å².